The summed E-state index contributed by atoms with van der Waals surface area (Å²) in [5.41, 5.74) is 6.05. The summed E-state index contributed by atoms with van der Waals surface area (Å²) in [5, 5.41) is 0. The Hall–Kier alpha value is -0.0800. The topological polar surface area (TPSA) is 29.3 Å². The van der Waals surface area contributed by atoms with Gasteiger partial charge in [0.05, 0.1) is 0 Å². The summed E-state index contributed by atoms with van der Waals surface area (Å²) in [4.78, 5) is 2.59. The van der Waals surface area contributed by atoms with Crippen molar-refractivity contribution in [2.45, 2.75) is 38.3 Å². The molecule has 0 radical (unpaired) electrons. The Morgan fingerprint density at radius 2 is 2.09 bits per heavy atom. The zero-order chi connectivity index (χ0) is 7.84. The molecule has 2 fully saturated rings. The molecule has 2 rings (SSSR count). The predicted molar refractivity (Wildman–Crippen MR) is 46.4 cm³/mol. The van der Waals surface area contributed by atoms with Gasteiger partial charge in [0.2, 0.25) is 0 Å². The summed E-state index contributed by atoms with van der Waals surface area (Å²) >= 11 is 0. The fourth-order valence-corrected chi connectivity index (χ4v) is 2.66. The molecule has 11 heavy (non-hydrogen) atoms. The Kier molecular flexibility index (Phi) is 1.90. The van der Waals surface area contributed by atoms with Crippen LogP contribution < -0.4 is 5.73 Å². The molecule has 2 aliphatic rings. The minimum Gasteiger partial charge on any atom is -0.327 e. The molecule has 0 amide bonds. The molecule has 2 bridgehead atoms. The number of fused-ring (bicyclic) bond motifs is 2. The highest BCUT2D eigenvalue weighted by Crippen LogP contribution is 2.30. The van der Waals surface area contributed by atoms with Crippen LogP contribution in [-0.2, 0) is 0 Å². The van der Waals surface area contributed by atoms with Gasteiger partial charge in [-0.1, -0.05) is 0 Å². The average molecular weight is 154 g/mol. The largest absolute Gasteiger partial charge is 0.327 e. The highest BCUT2D eigenvalue weighted by molar-refractivity contribution is 4.92. The van der Waals surface area contributed by atoms with Crippen LogP contribution in [0.25, 0.3) is 0 Å². The first-order valence-electron chi connectivity index (χ1n) is 4.78. The van der Waals surface area contributed by atoms with E-state index in [-0.39, 0.29) is 0 Å². The van der Waals surface area contributed by atoms with Crippen LogP contribution in [0, 0.1) is 5.92 Å². The lowest BCUT2D eigenvalue weighted by Crippen LogP contribution is -2.55. The number of hydrogen-bond donors (Lipinski definition) is 1. The molecular weight excluding hydrogens is 136 g/mol. The summed E-state index contributed by atoms with van der Waals surface area (Å²) in [6.07, 6.45) is 3.94. The number of rotatable bonds is 0. The third kappa shape index (κ3) is 1.18. The first-order valence-corrected chi connectivity index (χ1v) is 4.78. The van der Waals surface area contributed by atoms with Gasteiger partial charge in [0.1, 0.15) is 0 Å². The van der Waals surface area contributed by atoms with Crippen LogP contribution in [0.4, 0.5) is 0 Å². The highest BCUT2D eigenvalue weighted by Gasteiger charge is 2.35. The van der Waals surface area contributed by atoms with Gasteiger partial charge in [-0.25, -0.2) is 0 Å². The molecule has 0 aromatic heterocycles. The maximum atomic E-state index is 6.05. The van der Waals surface area contributed by atoms with E-state index in [9.17, 15) is 0 Å². The maximum absolute atomic E-state index is 6.05. The first kappa shape index (κ1) is 7.56. The van der Waals surface area contributed by atoms with Crippen molar-refractivity contribution in [2.24, 2.45) is 11.7 Å². The van der Waals surface area contributed by atoms with Crippen molar-refractivity contribution in [3.63, 3.8) is 0 Å². The monoisotopic (exact) mass is 154 g/mol. The van der Waals surface area contributed by atoms with Gasteiger partial charge < -0.3 is 10.6 Å². The summed E-state index contributed by atoms with van der Waals surface area (Å²) < 4.78 is 0. The molecule has 2 saturated heterocycles. The molecule has 2 aliphatic heterocycles. The fourth-order valence-electron chi connectivity index (χ4n) is 2.66. The molecule has 64 valence electrons. The highest BCUT2D eigenvalue weighted by atomic mass is 15.2. The molecular formula is C9H18N2. The van der Waals surface area contributed by atoms with Crippen LogP contribution in [-0.4, -0.2) is 30.1 Å². The number of nitrogens with two attached hydrogens (primary N) is 1. The van der Waals surface area contributed by atoms with Crippen molar-refractivity contribution in [2.75, 3.05) is 13.1 Å². The van der Waals surface area contributed by atoms with E-state index in [0.29, 0.717) is 6.04 Å². The lowest BCUT2D eigenvalue weighted by atomic mass is 9.80. The molecule has 0 saturated carbocycles. The third-order valence-corrected chi connectivity index (χ3v) is 3.48. The normalized spacial score (nSPS) is 50.7. The lowest BCUT2D eigenvalue weighted by molar-refractivity contribution is 0.0465. The molecule has 0 spiro atoms. The minimum atomic E-state index is 0.488. The fraction of sp³-hybridized carbons (Fsp3) is 1.00. The van der Waals surface area contributed by atoms with Crippen LogP contribution in [0.1, 0.15) is 26.2 Å². The Morgan fingerprint density at radius 3 is 2.82 bits per heavy atom. The summed E-state index contributed by atoms with van der Waals surface area (Å²) in [7, 11) is 0. The molecule has 2 heterocycles. The molecule has 0 aromatic carbocycles. The van der Waals surface area contributed by atoms with Crippen LogP contribution in [0.15, 0.2) is 0 Å². The predicted octanol–water partition coefficient (Wildman–Crippen LogP) is 0.818. The van der Waals surface area contributed by atoms with Crippen LogP contribution in [0.5, 0.6) is 0 Å². The van der Waals surface area contributed by atoms with E-state index in [2.05, 4.69) is 11.8 Å². The van der Waals surface area contributed by atoms with Gasteiger partial charge in [-0.2, -0.15) is 0 Å². The number of hydrogen-bond acceptors (Lipinski definition) is 2. The van der Waals surface area contributed by atoms with Crippen molar-refractivity contribution in [1.29, 1.82) is 0 Å². The van der Waals surface area contributed by atoms with Crippen molar-refractivity contribution in [3.05, 3.63) is 0 Å². The maximum Gasteiger partial charge on any atom is 0.0110 e. The second kappa shape index (κ2) is 2.76. The van der Waals surface area contributed by atoms with Gasteiger partial charge in [-0.05, 0) is 45.2 Å². The Morgan fingerprint density at radius 1 is 1.27 bits per heavy atom. The average Bonchev–Trinajstić information content (AvgIpc) is 1.98. The quantitative estimate of drug-likeness (QED) is 0.559. The van der Waals surface area contributed by atoms with E-state index in [0.717, 1.165) is 12.0 Å². The lowest BCUT2D eigenvalue weighted by Gasteiger charge is -2.46. The molecule has 4 atom stereocenters. The Balaban J connectivity index is 2.09. The van der Waals surface area contributed by atoms with Gasteiger partial charge in [0, 0.05) is 12.1 Å². The number of nitrogens with zero attached hydrogens (tertiary/aromatic N) is 1. The molecule has 0 aliphatic carbocycles. The van der Waals surface area contributed by atoms with Gasteiger partial charge in [0.15, 0.2) is 0 Å². The van der Waals surface area contributed by atoms with Gasteiger partial charge >= 0.3 is 0 Å². The van der Waals surface area contributed by atoms with Crippen molar-refractivity contribution < 1.29 is 0 Å². The van der Waals surface area contributed by atoms with Crippen molar-refractivity contribution >= 4 is 0 Å². The van der Waals surface area contributed by atoms with E-state index in [1.54, 1.807) is 0 Å². The van der Waals surface area contributed by atoms with Gasteiger partial charge in [-0.15, -0.1) is 0 Å². The van der Waals surface area contributed by atoms with E-state index in [1.165, 1.54) is 32.4 Å². The van der Waals surface area contributed by atoms with Crippen molar-refractivity contribution in [1.82, 2.24) is 4.90 Å². The summed E-state index contributed by atoms with van der Waals surface area (Å²) in [6, 6.07) is 1.24. The second-order valence-corrected chi connectivity index (χ2v) is 4.04. The number of piperidine rings is 2. The second-order valence-electron chi connectivity index (χ2n) is 4.04. The zero-order valence-electron chi connectivity index (χ0n) is 7.29. The van der Waals surface area contributed by atoms with Crippen LogP contribution in [0.3, 0.4) is 0 Å². The molecule has 2 nitrogen and oxygen atoms in total. The standard InChI is InChI=1S/C9H18N2/c1-7-8-3-2-5-11(7)6-4-9(8)10/h7-9H,2-6,10H2,1H3/t7-,8+,9-/m1/s1. The first-order chi connectivity index (χ1) is 5.29. The summed E-state index contributed by atoms with van der Waals surface area (Å²) in [5.74, 6) is 0.789. The van der Waals surface area contributed by atoms with Crippen molar-refractivity contribution in [3.8, 4) is 0 Å². The molecule has 2 N–H and O–H groups in total. The Bertz CT molecular complexity index is 146. The molecule has 1 unspecified atom stereocenters. The third-order valence-electron chi connectivity index (χ3n) is 3.48. The van der Waals surface area contributed by atoms with Crippen LogP contribution >= 0.6 is 0 Å². The zero-order valence-corrected chi connectivity index (χ0v) is 7.29. The van der Waals surface area contributed by atoms with Gasteiger partial charge in [-0.3, -0.25) is 0 Å². The SMILES string of the molecule is C[C@@H]1[C@@H]2CCCN1CC[C@H]2N. The van der Waals surface area contributed by atoms with E-state index < -0.39 is 0 Å². The summed E-state index contributed by atoms with van der Waals surface area (Å²) in [6.45, 7) is 4.88. The van der Waals surface area contributed by atoms with Crippen LogP contribution in [0.2, 0.25) is 0 Å². The smallest absolute Gasteiger partial charge is 0.0110 e. The van der Waals surface area contributed by atoms with E-state index in [4.69, 9.17) is 5.73 Å². The minimum absolute atomic E-state index is 0.488. The van der Waals surface area contributed by atoms with Gasteiger partial charge in [0.25, 0.3) is 0 Å². The Labute approximate surface area is 68.7 Å². The molecule has 0 aromatic rings. The molecule has 2 heteroatoms. The van der Waals surface area contributed by atoms with E-state index in [1.807, 2.05) is 0 Å². The van der Waals surface area contributed by atoms with E-state index >= 15 is 0 Å².